The molecular weight excluding hydrogens is 793 g/mol. The van der Waals surface area contributed by atoms with Crippen LogP contribution in [-0.2, 0) is 49.1 Å². The van der Waals surface area contributed by atoms with Gasteiger partial charge in [0.05, 0.1) is 0 Å². The minimum atomic E-state index is -0.827. The van der Waals surface area contributed by atoms with Crippen LogP contribution in [0.5, 0.6) is 23.5 Å². The molecule has 0 fully saturated rings. The van der Waals surface area contributed by atoms with E-state index in [4.69, 9.17) is 39.1 Å². The van der Waals surface area contributed by atoms with Crippen LogP contribution in [0, 0.1) is 13.8 Å². The molecule has 16 heteroatoms. The number of pyridine rings is 2. The van der Waals surface area contributed by atoms with Crippen molar-refractivity contribution in [3.8, 4) is 34.6 Å². The van der Waals surface area contributed by atoms with E-state index in [1.54, 1.807) is 36.9 Å². The van der Waals surface area contributed by atoms with Crippen molar-refractivity contribution in [3.05, 3.63) is 143 Å². The van der Waals surface area contributed by atoms with Crippen LogP contribution >= 0.6 is 0 Å². The molecule has 0 aliphatic rings. The topological polar surface area (TPSA) is 213 Å². The molecule has 0 spiro atoms. The van der Waals surface area contributed by atoms with E-state index in [9.17, 15) is 9.59 Å². The van der Waals surface area contributed by atoms with Crippen LogP contribution < -0.4 is 29.6 Å². The van der Waals surface area contributed by atoms with Gasteiger partial charge in [-0.2, -0.15) is 9.97 Å². The van der Waals surface area contributed by atoms with Crippen molar-refractivity contribution in [2.75, 3.05) is 13.1 Å². The molecule has 6 aromatic rings. The Bertz CT molecular complexity index is 2220. The summed E-state index contributed by atoms with van der Waals surface area (Å²) in [5.41, 5.74) is 9.44. The SMILES string of the molecule is Cc1c(COc2ccc(CNCCCC(=O)O)c(OCc3cncnc3)n2)cccc1-c1cccc(COc2ccc(CNCCCC(=O)O)c(OCc3cncnc3)n2)c1C. The fraction of sp³-hybridized carbons (Fsp3) is 0.304. The first-order valence-corrected chi connectivity index (χ1v) is 20.2. The third-order valence-corrected chi connectivity index (χ3v) is 9.86. The molecule has 0 unspecified atom stereocenters. The van der Waals surface area contributed by atoms with Crippen LogP contribution in [0.1, 0.15) is 70.2 Å². The largest absolute Gasteiger partial charge is 0.481 e. The van der Waals surface area contributed by atoms with Crippen molar-refractivity contribution in [2.45, 2.75) is 79.0 Å². The molecule has 16 nitrogen and oxygen atoms in total. The lowest BCUT2D eigenvalue weighted by Gasteiger charge is -2.17. The molecule has 4 aromatic heterocycles. The highest BCUT2D eigenvalue weighted by Gasteiger charge is 2.15. The number of hydrogen-bond acceptors (Lipinski definition) is 14. The summed E-state index contributed by atoms with van der Waals surface area (Å²) in [4.78, 5) is 47.5. The Morgan fingerprint density at radius 1 is 0.532 bits per heavy atom. The summed E-state index contributed by atoms with van der Waals surface area (Å²) in [5, 5.41) is 24.5. The van der Waals surface area contributed by atoms with E-state index in [2.05, 4.69) is 56.5 Å². The van der Waals surface area contributed by atoms with Crippen LogP contribution in [0.4, 0.5) is 0 Å². The Morgan fingerprint density at radius 3 is 1.35 bits per heavy atom. The molecular formula is C46H50N8O8. The number of hydrogen-bond donors (Lipinski definition) is 4. The summed E-state index contributed by atoms with van der Waals surface area (Å²) in [7, 11) is 0. The highest BCUT2D eigenvalue weighted by molar-refractivity contribution is 5.72. The van der Waals surface area contributed by atoms with E-state index in [1.165, 1.54) is 12.7 Å². The Labute approximate surface area is 359 Å². The van der Waals surface area contributed by atoms with Gasteiger partial charge in [-0.3, -0.25) is 9.59 Å². The number of nitrogens with zero attached hydrogens (tertiary/aromatic N) is 6. The van der Waals surface area contributed by atoms with Gasteiger partial charge in [-0.25, -0.2) is 19.9 Å². The summed E-state index contributed by atoms with van der Waals surface area (Å²) >= 11 is 0. The average Bonchev–Trinajstić information content (AvgIpc) is 3.28. The second-order valence-electron chi connectivity index (χ2n) is 14.4. The van der Waals surface area contributed by atoms with Crippen molar-refractivity contribution in [1.29, 1.82) is 0 Å². The maximum Gasteiger partial charge on any atom is 0.303 e. The normalized spacial score (nSPS) is 10.9. The Hall–Kier alpha value is -7.04. The van der Waals surface area contributed by atoms with Gasteiger partial charge in [-0.05, 0) is 85.3 Å². The predicted octanol–water partition coefficient (Wildman–Crippen LogP) is 6.57. The van der Waals surface area contributed by atoms with Crippen molar-refractivity contribution in [2.24, 2.45) is 0 Å². The maximum absolute atomic E-state index is 10.9. The van der Waals surface area contributed by atoms with Crippen molar-refractivity contribution < 1.29 is 38.7 Å². The molecule has 0 radical (unpaired) electrons. The summed E-state index contributed by atoms with van der Waals surface area (Å²) in [6, 6.07) is 19.7. The van der Waals surface area contributed by atoms with Crippen LogP contribution in [-0.4, -0.2) is 65.1 Å². The van der Waals surface area contributed by atoms with E-state index in [1.807, 2.05) is 36.4 Å². The maximum atomic E-state index is 10.9. The molecule has 6 rings (SSSR count). The summed E-state index contributed by atoms with van der Waals surface area (Å²) in [6.07, 6.45) is 10.8. The third kappa shape index (κ3) is 13.5. The quantitative estimate of drug-likeness (QED) is 0.0449. The molecule has 0 atom stereocenters. The van der Waals surface area contributed by atoms with Crippen LogP contribution in [0.15, 0.2) is 98.1 Å². The van der Waals surface area contributed by atoms with Crippen molar-refractivity contribution >= 4 is 11.9 Å². The first-order chi connectivity index (χ1) is 30.2. The van der Waals surface area contributed by atoms with E-state index < -0.39 is 11.9 Å². The minimum absolute atomic E-state index is 0.0906. The Balaban J connectivity index is 1.12. The van der Waals surface area contributed by atoms with Gasteiger partial charge < -0.3 is 39.8 Å². The number of rotatable bonds is 25. The zero-order valence-corrected chi connectivity index (χ0v) is 34.8. The zero-order chi connectivity index (χ0) is 43.5. The number of carboxylic acids is 2. The lowest BCUT2D eigenvalue weighted by Crippen LogP contribution is -2.17. The molecule has 62 heavy (non-hydrogen) atoms. The Morgan fingerprint density at radius 2 is 0.952 bits per heavy atom. The lowest BCUT2D eigenvalue weighted by atomic mass is 9.92. The molecule has 0 bridgehead atoms. The van der Waals surface area contributed by atoms with Gasteiger partial charge >= 0.3 is 11.9 Å². The third-order valence-electron chi connectivity index (χ3n) is 9.86. The van der Waals surface area contributed by atoms with E-state index in [-0.39, 0.29) is 39.3 Å². The van der Waals surface area contributed by atoms with Gasteiger partial charge in [0.15, 0.2) is 0 Å². The fourth-order valence-electron chi connectivity index (χ4n) is 6.44. The van der Waals surface area contributed by atoms with Crippen LogP contribution in [0.3, 0.4) is 0 Å². The molecule has 0 aliphatic heterocycles. The fourth-order valence-corrected chi connectivity index (χ4v) is 6.44. The molecule has 0 saturated heterocycles. The van der Waals surface area contributed by atoms with Gasteiger partial charge in [0.1, 0.15) is 39.1 Å². The smallest absolute Gasteiger partial charge is 0.303 e. The number of carbonyl (C=O) groups is 2. The predicted molar refractivity (Wildman–Crippen MR) is 228 cm³/mol. The monoisotopic (exact) mass is 842 g/mol. The first kappa shape index (κ1) is 44.5. The van der Waals surface area contributed by atoms with Gasteiger partial charge in [-0.15, -0.1) is 0 Å². The van der Waals surface area contributed by atoms with E-state index in [0.717, 1.165) is 55.6 Å². The van der Waals surface area contributed by atoms with Gasteiger partial charge in [-0.1, -0.05) is 36.4 Å². The molecule has 4 heterocycles. The zero-order valence-electron chi connectivity index (χ0n) is 34.8. The molecule has 0 saturated carbocycles. The van der Waals surface area contributed by atoms with Gasteiger partial charge in [0.2, 0.25) is 23.5 Å². The summed E-state index contributed by atoms with van der Waals surface area (Å²) in [5.74, 6) is -0.0587. The Kier molecular flexibility index (Phi) is 16.6. The highest BCUT2D eigenvalue weighted by Crippen LogP contribution is 2.32. The van der Waals surface area contributed by atoms with Crippen LogP contribution in [0.2, 0.25) is 0 Å². The highest BCUT2D eigenvalue weighted by atomic mass is 16.5. The van der Waals surface area contributed by atoms with E-state index in [0.29, 0.717) is 62.5 Å². The lowest BCUT2D eigenvalue weighted by molar-refractivity contribution is -0.138. The summed E-state index contributed by atoms with van der Waals surface area (Å²) in [6.45, 7) is 7.09. The van der Waals surface area contributed by atoms with Gasteiger partial charge in [0, 0.05) is 85.1 Å². The number of carboxylic acid groups (broad SMARTS) is 2. The van der Waals surface area contributed by atoms with E-state index >= 15 is 0 Å². The number of nitrogens with one attached hydrogen (secondary N) is 2. The molecule has 0 amide bonds. The minimum Gasteiger partial charge on any atom is -0.481 e. The second-order valence-corrected chi connectivity index (χ2v) is 14.4. The number of ether oxygens (including phenoxy) is 4. The van der Waals surface area contributed by atoms with Gasteiger partial charge in [0.25, 0.3) is 0 Å². The van der Waals surface area contributed by atoms with Crippen molar-refractivity contribution in [1.82, 2.24) is 40.5 Å². The molecule has 322 valence electrons. The van der Waals surface area contributed by atoms with Crippen molar-refractivity contribution in [3.63, 3.8) is 0 Å². The molecule has 0 aliphatic carbocycles. The standard InChI is InChI=1S/C46H50N8O8/c1-31-37(27-59-41-15-13-35(23-47-17-5-11-43(55)56)45(53-41)61-25-33-19-49-29-50-20-33)7-3-9-39(31)40-10-4-8-38(32(40)2)28-60-42-16-14-36(24-48-18-6-12-44(57)58)46(54-42)62-26-34-21-51-30-52-22-34/h3-4,7-10,13-16,19-22,29-30,47-48H,5-6,11-12,17-18,23-28H2,1-2H3,(H,55,56)(H,57,58). The van der Waals surface area contributed by atoms with Crippen LogP contribution in [0.25, 0.3) is 11.1 Å². The molecule has 4 N–H and O–H groups in total. The average molecular weight is 843 g/mol. The first-order valence-electron chi connectivity index (χ1n) is 20.2. The molecule has 2 aromatic carbocycles. The summed E-state index contributed by atoms with van der Waals surface area (Å²) < 4.78 is 24.7. The number of aliphatic carboxylic acids is 2. The number of benzene rings is 2. The number of aromatic nitrogens is 6. The second kappa shape index (κ2) is 23.1.